The fourth-order valence-electron chi connectivity index (χ4n) is 0.714. The Balaban J connectivity index is 0.000000246. The molecule has 3 nitrogen and oxygen atoms in total. The lowest BCUT2D eigenvalue weighted by Crippen LogP contribution is -2.06. The first kappa shape index (κ1) is 15.5. The number of benzene rings is 1. The molecule has 5 N–H and O–H groups in total. The van der Waals surface area contributed by atoms with Gasteiger partial charge in [0.25, 0.3) is 0 Å². The van der Waals surface area contributed by atoms with E-state index in [-0.39, 0.29) is 5.75 Å². The number of thiophene rings is 1. The molecule has 0 atom stereocenters. The summed E-state index contributed by atoms with van der Waals surface area (Å²) >= 11 is 1.71. The highest BCUT2D eigenvalue weighted by atomic mass is 32.1. The number of phenols is 1. The van der Waals surface area contributed by atoms with Gasteiger partial charge in [-0.2, -0.15) is 11.3 Å². The van der Waals surface area contributed by atoms with Crippen LogP contribution in [-0.4, -0.2) is 11.1 Å². The van der Waals surface area contributed by atoms with Gasteiger partial charge in [-0.25, -0.2) is 0 Å². The summed E-state index contributed by atoms with van der Waals surface area (Å²) in [5.41, 5.74) is 10.8. The summed E-state index contributed by atoms with van der Waals surface area (Å²) in [6, 6.07) is 11.1. The predicted octanol–water partition coefficient (Wildman–Crippen LogP) is 3.08. The zero-order valence-electron chi connectivity index (χ0n) is 10.2. The predicted molar refractivity (Wildman–Crippen MR) is 76.2 cm³/mol. The van der Waals surface area contributed by atoms with E-state index in [1.165, 1.54) is 0 Å². The SMILES string of the molecule is CC(C)N.Nc1ccccc1O.c1ccsc1. The summed E-state index contributed by atoms with van der Waals surface area (Å²) in [7, 11) is 0. The van der Waals surface area contributed by atoms with Crippen LogP contribution in [0.15, 0.2) is 47.2 Å². The second kappa shape index (κ2) is 9.69. The molecule has 0 unspecified atom stereocenters. The van der Waals surface area contributed by atoms with E-state index in [0.717, 1.165) is 0 Å². The molecule has 4 heteroatoms. The Kier molecular flexibility index (Phi) is 8.82. The molecule has 2 aromatic rings. The van der Waals surface area contributed by atoms with Gasteiger partial charge in [0.15, 0.2) is 0 Å². The molecule has 0 amide bonds. The highest BCUT2D eigenvalue weighted by Gasteiger charge is 1.87. The molecule has 0 spiro atoms. The molecule has 0 fully saturated rings. The Bertz CT molecular complexity index is 334. The maximum absolute atomic E-state index is 8.79. The van der Waals surface area contributed by atoms with Crippen LogP contribution in [0.3, 0.4) is 0 Å². The molecular weight excluding hydrogens is 232 g/mol. The van der Waals surface area contributed by atoms with Crippen molar-refractivity contribution in [2.24, 2.45) is 5.73 Å². The fraction of sp³-hybridized carbons (Fsp3) is 0.231. The number of anilines is 1. The standard InChI is InChI=1S/C6H7NO.C4H4S.C3H9N/c7-5-3-1-2-4-6(5)8;1-2-4-5-3-1;1-3(2)4/h1-4,8H,7H2;1-4H;3H,4H2,1-2H3. The third kappa shape index (κ3) is 10.8. The number of nitrogen functional groups attached to an aromatic ring is 1. The molecule has 1 aromatic carbocycles. The van der Waals surface area contributed by atoms with E-state index >= 15 is 0 Å². The van der Waals surface area contributed by atoms with Crippen LogP contribution in [0.2, 0.25) is 0 Å². The van der Waals surface area contributed by atoms with Crippen LogP contribution < -0.4 is 11.5 Å². The average molecular weight is 252 g/mol. The van der Waals surface area contributed by atoms with Crippen molar-refractivity contribution in [3.63, 3.8) is 0 Å². The van der Waals surface area contributed by atoms with Gasteiger partial charge in [-0.1, -0.05) is 38.1 Å². The van der Waals surface area contributed by atoms with E-state index in [1.54, 1.807) is 35.6 Å². The van der Waals surface area contributed by atoms with Crippen molar-refractivity contribution in [1.29, 1.82) is 0 Å². The molecule has 0 aliphatic rings. The minimum atomic E-state index is 0.146. The molecule has 1 heterocycles. The van der Waals surface area contributed by atoms with Gasteiger partial charge in [-0.05, 0) is 28.9 Å². The topological polar surface area (TPSA) is 72.3 Å². The first-order chi connectivity index (χ1) is 8.04. The Labute approximate surface area is 107 Å². The van der Waals surface area contributed by atoms with Crippen molar-refractivity contribution in [2.75, 3.05) is 5.73 Å². The van der Waals surface area contributed by atoms with Crippen molar-refractivity contribution >= 4 is 17.0 Å². The first-order valence-electron chi connectivity index (χ1n) is 5.30. The summed E-state index contributed by atoms with van der Waals surface area (Å²) in [4.78, 5) is 0. The number of hydrogen-bond acceptors (Lipinski definition) is 4. The zero-order valence-corrected chi connectivity index (χ0v) is 11.0. The van der Waals surface area contributed by atoms with Crippen LogP contribution in [0, 0.1) is 0 Å². The van der Waals surface area contributed by atoms with Gasteiger partial charge in [0.05, 0.1) is 5.69 Å². The fourth-order valence-corrected chi connectivity index (χ4v) is 1.17. The van der Waals surface area contributed by atoms with Crippen molar-refractivity contribution < 1.29 is 5.11 Å². The average Bonchev–Trinajstić information content (AvgIpc) is 2.80. The van der Waals surface area contributed by atoms with Gasteiger partial charge in [0.2, 0.25) is 0 Å². The van der Waals surface area contributed by atoms with Crippen molar-refractivity contribution in [3.05, 3.63) is 47.2 Å². The van der Waals surface area contributed by atoms with Gasteiger partial charge in [-0.15, -0.1) is 0 Å². The second-order valence-corrected chi connectivity index (χ2v) is 4.41. The summed E-state index contributed by atoms with van der Waals surface area (Å²) in [6.07, 6.45) is 0. The minimum absolute atomic E-state index is 0.146. The third-order valence-electron chi connectivity index (χ3n) is 1.36. The number of hydrogen-bond donors (Lipinski definition) is 3. The molecular formula is C13H20N2OS. The second-order valence-electron chi connectivity index (χ2n) is 3.60. The number of phenolic OH excluding ortho intramolecular Hbond substituents is 1. The monoisotopic (exact) mass is 252 g/mol. The Morgan fingerprint density at radius 2 is 1.53 bits per heavy atom. The first-order valence-corrected chi connectivity index (χ1v) is 6.24. The van der Waals surface area contributed by atoms with Crippen LogP contribution in [0.4, 0.5) is 5.69 Å². The van der Waals surface area contributed by atoms with Crippen LogP contribution in [0.5, 0.6) is 5.75 Å². The maximum Gasteiger partial charge on any atom is 0.138 e. The van der Waals surface area contributed by atoms with E-state index < -0.39 is 0 Å². The Hall–Kier alpha value is -1.52. The van der Waals surface area contributed by atoms with Gasteiger partial charge in [0.1, 0.15) is 5.75 Å². The number of para-hydroxylation sites is 2. The molecule has 1 aromatic heterocycles. The molecule has 0 aliphatic heterocycles. The van der Waals surface area contributed by atoms with Crippen LogP contribution >= 0.6 is 11.3 Å². The van der Waals surface area contributed by atoms with Crippen molar-refractivity contribution in [3.8, 4) is 5.75 Å². The summed E-state index contributed by atoms with van der Waals surface area (Å²) in [5.74, 6) is 0.146. The summed E-state index contributed by atoms with van der Waals surface area (Å²) in [5, 5.41) is 12.9. The molecule has 2 rings (SSSR count). The molecule has 0 saturated carbocycles. The highest BCUT2D eigenvalue weighted by Crippen LogP contribution is 2.16. The van der Waals surface area contributed by atoms with Gasteiger partial charge < -0.3 is 16.6 Å². The molecule has 17 heavy (non-hydrogen) atoms. The van der Waals surface area contributed by atoms with E-state index in [2.05, 4.69) is 0 Å². The largest absolute Gasteiger partial charge is 0.506 e. The highest BCUT2D eigenvalue weighted by molar-refractivity contribution is 7.07. The van der Waals surface area contributed by atoms with Crippen molar-refractivity contribution in [2.45, 2.75) is 19.9 Å². The van der Waals surface area contributed by atoms with E-state index in [0.29, 0.717) is 11.7 Å². The summed E-state index contributed by atoms with van der Waals surface area (Å²) in [6.45, 7) is 3.89. The molecule has 0 saturated heterocycles. The Morgan fingerprint density at radius 3 is 1.76 bits per heavy atom. The minimum Gasteiger partial charge on any atom is -0.506 e. The smallest absolute Gasteiger partial charge is 0.138 e. The number of nitrogens with two attached hydrogens (primary N) is 2. The lowest BCUT2D eigenvalue weighted by atomic mass is 10.3. The Morgan fingerprint density at radius 1 is 1.06 bits per heavy atom. The van der Waals surface area contributed by atoms with E-state index in [4.69, 9.17) is 16.6 Å². The lowest BCUT2D eigenvalue weighted by Gasteiger charge is -1.92. The number of rotatable bonds is 0. The van der Waals surface area contributed by atoms with E-state index in [9.17, 15) is 0 Å². The van der Waals surface area contributed by atoms with Gasteiger partial charge >= 0.3 is 0 Å². The molecule has 0 bridgehead atoms. The van der Waals surface area contributed by atoms with Crippen LogP contribution in [0.1, 0.15) is 13.8 Å². The van der Waals surface area contributed by atoms with Gasteiger partial charge in [-0.3, -0.25) is 0 Å². The van der Waals surface area contributed by atoms with Crippen LogP contribution in [0.25, 0.3) is 0 Å². The molecule has 0 radical (unpaired) electrons. The normalized spacial score (nSPS) is 8.71. The third-order valence-corrected chi connectivity index (χ3v) is 1.99. The van der Waals surface area contributed by atoms with E-state index in [1.807, 2.05) is 36.7 Å². The summed E-state index contributed by atoms with van der Waals surface area (Å²) < 4.78 is 0. The van der Waals surface area contributed by atoms with Crippen molar-refractivity contribution in [1.82, 2.24) is 0 Å². The number of aromatic hydroxyl groups is 1. The van der Waals surface area contributed by atoms with Gasteiger partial charge in [0, 0.05) is 0 Å². The lowest BCUT2D eigenvalue weighted by molar-refractivity contribution is 0.478. The quantitative estimate of drug-likeness (QED) is 0.498. The zero-order chi connectivity index (χ0) is 13.1. The molecule has 94 valence electrons. The van der Waals surface area contributed by atoms with Crippen LogP contribution in [-0.2, 0) is 0 Å². The molecule has 0 aliphatic carbocycles. The maximum atomic E-state index is 8.79.